The van der Waals surface area contributed by atoms with Crippen LogP contribution >= 0.6 is 11.8 Å². The van der Waals surface area contributed by atoms with Gasteiger partial charge in [-0.05, 0) is 65.7 Å². The van der Waals surface area contributed by atoms with Gasteiger partial charge >= 0.3 is 6.36 Å². The van der Waals surface area contributed by atoms with Crippen molar-refractivity contribution in [1.29, 1.82) is 0 Å². The average Bonchev–Trinajstić information content (AvgIpc) is 3.43. The van der Waals surface area contributed by atoms with Crippen LogP contribution in [-0.4, -0.2) is 48.0 Å². The molecular formula is C21H18F3N7O2S. The zero-order valence-electron chi connectivity index (χ0n) is 17.9. The molecule has 0 aliphatic heterocycles. The molecule has 13 heteroatoms. The molecule has 2 heterocycles. The minimum Gasteiger partial charge on any atom is -0.406 e. The van der Waals surface area contributed by atoms with Gasteiger partial charge in [0.25, 0.3) is 0 Å². The molecule has 0 saturated carbocycles. The maximum atomic E-state index is 12.6. The Kier molecular flexibility index (Phi) is 6.54. The number of rotatable bonds is 7. The molecule has 176 valence electrons. The van der Waals surface area contributed by atoms with Gasteiger partial charge in [0.05, 0.1) is 23.3 Å². The zero-order valence-corrected chi connectivity index (χ0v) is 18.8. The first-order valence-electron chi connectivity index (χ1n) is 9.89. The number of hydrogen-bond acceptors (Lipinski definition) is 7. The molecule has 9 nitrogen and oxygen atoms in total. The Balaban J connectivity index is 1.42. The van der Waals surface area contributed by atoms with Gasteiger partial charge in [0, 0.05) is 6.07 Å². The van der Waals surface area contributed by atoms with E-state index in [0.29, 0.717) is 16.7 Å². The van der Waals surface area contributed by atoms with Crippen LogP contribution in [0.5, 0.6) is 5.75 Å². The van der Waals surface area contributed by atoms with Crippen LogP contribution in [0.3, 0.4) is 0 Å². The summed E-state index contributed by atoms with van der Waals surface area (Å²) in [4.78, 5) is 12.6. The third-order valence-corrected chi connectivity index (χ3v) is 5.72. The summed E-state index contributed by atoms with van der Waals surface area (Å²) in [5, 5.41) is 19.1. The molecule has 0 unspecified atom stereocenters. The van der Waals surface area contributed by atoms with Gasteiger partial charge in [-0.15, -0.1) is 18.3 Å². The van der Waals surface area contributed by atoms with E-state index < -0.39 is 6.36 Å². The first-order valence-corrected chi connectivity index (χ1v) is 10.9. The SMILES string of the molecule is Cc1cccc(-n2nnnc2SCC(=O)Nc2ccnn2-c2ccc(OC(F)(F)F)cc2)c1C. The second-order valence-corrected chi connectivity index (χ2v) is 8.04. The second kappa shape index (κ2) is 9.55. The van der Waals surface area contributed by atoms with Crippen molar-refractivity contribution in [2.45, 2.75) is 25.4 Å². The molecular weight excluding hydrogens is 471 g/mol. The number of nitrogens with one attached hydrogen (secondary N) is 1. The third-order valence-electron chi connectivity index (χ3n) is 4.80. The van der Waals surface area contributed by atoms with E-state index in [0.717, 1.165) is 28.6 Å². The molecule has 0 bridgehead atoms. The molecule has 34 heavy (non-hydrogen) atoms. The number of aromatic nitrogens is 6. The number of carbonyl (C=O) groups is 1. The Hall–Kier alpha value is -3.87. The molecule has 0 spiro atoms. The predicted octanol–water partition coefficient (Wildman–Crippen LogP) is 4.09. The van der Waals surface area contributed by atoms with E-state index in [1.807, 2.05) is 32.0 Å². The molecule has 0 fully saturated rings. The van der Waals surface area contributed by atoms with Gasteiger partial charge in [-0.1, -0.05) is 23.9 Å². The summed E-state index contributed by atoms with van der Waals surface area (Å²) in [6.45, 7) is 3.96. The van der Waals surface area contributed by atoms with Crippen molar-refractivity contribution >= 4 is 23.5 Å². The molecule has 0 saturated heterocycles. The smallest absolute Gasteiger partial charge is 0.406 e. The molecule has 0 radical (unpaired) electrons. The Morgan fingerprint density at radius 2 is 1.85 bits per heavy atom. The normalized spacial score (nSPS) is 11.4. The Bertz CT molecular complexity index is 1300. The van der Waals surface area contributed by atoms with Gasteiger partial charge in [-0.25, -0.2) is 4.68 Å². The van der Waals surface area contributed by atoms with Gasteiger partial charge in [-0.3, -0.25) is 4.79 Å². The van der Waals surface area contributed by atoms with Crippen molar-refractivity contribution in [3.8, 4) is 17.1 Å². The minimum absolute atomic E-state index is 0.0226. The summed E-state index contributed by atoms with van der Waals surface area (Å²) in [7, 11) is 0. The maximum Gasteiger partial charge on any atom is 0.573 e. The number of hydrogen-bond donors (Lipinski definition) is 1. The number of tetrazole rings is 1. The maximum absolute atomic E-state index is 12.6. The molecule has 2 aromatic heterocycles. The number of anilines is 1. The topological polar surface area (TPSA) is 99.8 Å². The lowest BCUT2D eigenvalue weighted by atomic mass is 10.1. The number of alkyl halides is 3. The monoisotopic (exact) mass is 489 g/mol. The van der Waals surface area contributed by atoms with Crippen molar-refractivity contribution < 1.29 is 22.7 Å². The number of aryl methyl sites for hydroxylation is 1. The summed E-state index contributed by atoms with van der Waals surface area (Å²) < 4.78 is 43.9. The molecule has 1 N–H and O–H groups in total. The number of ether oxygens (including phenoxy) is 1. The number of carbonyl (C=O) groups excluding carboxylic acids is 1. The zero-order chi connectivity index (χ0) is 24.3. The lowest BCUT2D eigenvalue weighted by molar-refractivity contribution is -0.274. The lowest BCUT2D eigenvalue weighted by Gasteiger charge is -2.11. The quantitative estimate of drug-likeness (QED) is 0.390. The fourth-order valence-corrected chi connectivity index (χ4v) is 3.77. The largest absolute Gasteiger partial charge is 0.573 e. The van der Waals surface area contributed by atoms with Crippen molar-refractivity contribution in [1.82, 2.24) is 30.0 Å². The van der Waals surface area contributed by atoms with Crippen molar-refractivity contribution in [3.05, 3.63) is 65.9 Å². The highest BCUT2D eigenvalue weighted by molar-refractivity contribution is 7.99. The van der Waals surface area contributed by atoms with Crippen LogP contribution in [0.15, 0.2) is 59.9 Å². The number of halogens is 3. The highest BCUT2D eigenvalue weighted by atomic mass is 32.2. The van der Waals surface area contributed by atoms with Crippen LogP contribution < -0.4 is 10.1 Å². The highest BCUT2D eigenvalue weighted by Gasteiger charge is 2.31. The van der Waals surface area contributed by atoms with Gasteiger partial charge in [0.2, 0.25) is 11.1 Å². The summed E-state index contributed by atoms with van der Waals surface area (Å²) >= 11 is 1.16. The molecule has 2 aromatic carbocycles. The molecule has 0 atom stereocenters. The third kappa shape index (κ3) is 5.36. The van der Waals surface area contributed by atoms with Gasteiger partial charge in [0.1, 0.15) is 11.6 Å². The van der Waals surface area contributed by atoms with E-state index >= 15 is 0 Å². The Morgan fingerprint density at radius 3 is 2.59 bits per heavy atom. The number of benzene rings is 2. The number of thioether (sulfide) groups is 1. The predicted molar refractivity (Wildman–Crippen MR) is 118 cm³/mol. The van der Waals surface area contributed by atoms with Crippen molar-refractivity contribution in [2.75, 3.05) is 11.1 Å². The van der Waals surface area contributed by atoms with Gasteiger partial charge in [-0.2, -0.15) is 9.78 Å². The summed E-state index contributed by atoms with van der Waals surface area (Å²) in [6.07, 6.45) is -3.31. The van der Waals surface area contributed by atoms with Crippen LogP contribution in [0.4, 0.5) is 19.0 Å². The summed E-state index contributed by atoms with van der Waals surface area (Å²) in [6, 6.07) is 12.5. The Labute approximate surface area is 195 Å². The van der Waals surface area contributed by atoms with Crippen LogP contribution in [0.25, 0.3) is 11.4 Å². The first-order chi connectivity index (χ1) is 16.2. The Morgan fingerprint density at radius 1 is 1.09 bits per heavy atom. The fraction of sp³-hybridized carbons (Fsp3) is 0.190. The van der Waals surface area contributed by atoms with E-state index in [2.05, 4.69) is 30.7 Å². The van der Waals surface area contributed by atoms with Crippen LogP contribution in [0.2, 0.25) is 0 Å². The standard InChI is InChI=1S/C21H18F3N7O2S/c1-13-4-3-5-17(14(13)2)31-20(27-28-29-31)34-12-19(32)26-18-10-11-25-30(18)15-6-8-16(9-7-15)33-21(22,23)24/h3-11H,12H2,1-2H3,(H,26,32). The first kappa shape index (κ1) is 23.3. The average molecular weight is 489 g/mol. The number of amides is 1. The summed E-state index contributed by atoms with van der Waals surface area (Å²) in [5.41, 5.74) is 3.38. The van der Waals surface area contributed by atoms with Crippen LogP contribution in [0.1, 0.15) is 11.1 Å². The lowest BCUT2D eigenvalue weighted by Crippen LogP contribution is -2.18. The van der Waals surface area contributed by atoms with E-state index in [1.165, 1.54) is 35.1 Å². The highest BCUT2D eigenvalue weighted by Crippen LogP contribution is 2.25. The van der Waals surface area contributed by atoms with Crippen molar-refractivity contribution in [2.24, 2.45) is 0 Å². The minimum atomic E-state index is -4.78. The molecule has 4 aromatic rings. The fourth-order valence-electron chi connectivity index (χ4n) is 3.09. The number of nitrogens with zero attached hydrogens (tertiary/aromatic N) is 6. The van der Waals surface area contributed by atoms with Crippen LogP contribution in [0, 0.1) is 13.8 Å². The van der Waals surface area contributed by atoms with Gasteiger partial charge < -0.3 is 10.1 Å². The molecule has 0 aliphatic carbocycles. The molecule has 1 amide bonds. The molecule has 0 aliphatic rings. The summed E-state index contributed by atoms with van der Waals surface area (Å²) in [5.74, 6) is -0.315. The van der Waals surface area contributed by atoms with Crippen LogP contribution in [-0.2, 0) is 4.79 Å². The van der Waals surface area contributed by atoms with Gasteiger partial charge in [0.15, 0.2) is 0 Å². The van der Waals surface area contributed by atoms with Crippen molar-refractivity contribution in [3.63, 3.8) is 0 Å². The molecule has 4 rings (SSSR count). The van der Waals surface area contributed by atoms with E-state index in [-0.39, 0.29) is 17.4 Å². The van der Waals surface area contributed by atoms with E-state index in [1.54, 1.807) is 10.7 Å². The van der Waals surface area contributed by atoms with E-state index in [4.69, 9.17) is 0 Å². The second-order valence-electron chi connectivity index (χ2n) is 7.10. The van der Waals surface area contributed by atoms with E-state index in [9.17, 15) is 18.0 Å².